The Kier molecular flexibility index (Phi) is 4.79. The molecule has 24 heavy (non-hydrogen) atoms. The Morgan fingerprint density at radius 2 is 2.21 bits per heavy atom. The summed E-state index contributed by atoms with van der Waals surface area (Å²) in [5.74, 6) is 0.307. The number of imidazole rings is 1. The fourth-order valence-corrected chi connectivity index (χ4v) is 2.46. The van der Waals surface area contributed by atoms with E-state index in [1.165, 1.54) is 10.8 Å². The molecular weight excluding hydrogens is 332 g/mol. The van der Waals surface area contributed by atoms with Gasteiger partial charge in [0.25, 0.3) is 0 Å². The van der Waals surface area contributed by atoms with E-state index in [1.807, 2.05) is 18.2 Å². The van der Waals surface area contributed by atoms with Gasteiger partial charge < -0.3 is 21.1 Å². The van der Waals surface area contributed by atoms with Crippen molar-refractivity contribution in [3.05, 3.63) is 51.5 Å². The van der Waals surface area contributed by atoms with Gasteiger partial charge >= 0.3 is 5.69 Å². The van der Waals surface area contributed by atoms with Gasteiger partial charge in [0.05, 0.1) is 18.8 Å². The van der Waals surface area contributed by atoms with Crippen LogP contribution in [0, 0.1) is 0 Å². The molecule has 2 heterocycles. The molecule has 2 aromatic heterocycles. The van der Waals surface area contributed by atoms with Gasteiger partial charge in [0.2, 0.25) is 5.95 Å². The Morgan fingerprint density at radius 1 is 1.42 bits per heavy atom. The standard InChI is InChI=1S/C15H17ClN6O2/c16-11-4-2-1-3-9(11)8-22-13-12(20-15(22)24)7-19-14(21-13)18-6-10(23)5-17/h1-4,7,10,23H,5-6,8,17H2,(H,20,24)(H,18,19,21). The van der Waals surface area contributed by atoms with Crippen LogP contribution in [0.2, 0.25) is 5.02 Å². The number of H-pyrrole nitrogens is 1. The number of halogens is 1. The van der Waals surface area contributed by atoms with E-state index in [1.54, 1.807) is 6.07 Å². The van der Waals surface area contributed by atoms with E-state index >= 15 is 0 Å². The van der Waals surface area contributed by atoms with Crippen molar-refractivity contribution in [2.24, 2.45) is 5.73 Å². The molecule has 0 spiro atoms. The van der Waals surface area contributed by atoms with Crippen LogP contribution in [0.15, 0.2) is 35.3 Å². The zero-order valence-electron chi connectivity index (χ0n) is 12.7. The molecule has 0 amide bonds. The number of benzene rings is 1. The van der Waals surface area contributed by atoms with Crippen molar-refractivity contribution in [2.45, 2.75) is 12.6 Å². The van der Waals surface area contributed by atoms with Crippen LogP contribution in [0.1, 0.15) is 5.56 Å². The van der Waals surface area contributed by atoms with Gasteiger partial charge in [-0.15, -0.1) is 0 Å². The van der Waals surface area contributed by atoms with Crippen molar-refractivity contribution in [3.8, 4) is 0 Å². The first-order valence-corrected chi connectivity index (χ1v) is 7.77. The quantitative estimate of drug-likeness (QED) is 0.516. The van der Waals surface area contributed by atoms with Crippen molar-refractivity contribution >= 4 is 28.7 Å². The molecule has 0 saturated heterocycles. The van der Waals surface area contributed by atoms with Crippen molar-refractivity contribution in [3.63, 3.8) is 0 Å². The summed E-state index contributed by atoms with van der Waals surface area (Å²) in [6, 6.07) is 7.31. The van der Waals surface area contributed by atoms with Gasteiger partial charge in [0.15, 0.2) is 5.65 Å². The molecule has 126 valence electrons. The molecule has 9 heteroatoms. The lowest BCUT2D eigenvalue weighted by molar-refractivity contribution is 0.196. The Morgan fingerprint density at radius 3 is 2.96 bits per heavy atom. The molecule has 0 aliphatic carbocycles. The number of hydrogen-bond acceptors (Lipinski definition) is 6. The predicted molar refractivity (Wildman–Crippen MR) is 92.3 cm³/mol. The minimum absolute atomic E-state index is 0.136. The minimum atomic E-state index is -0.694. The average molecular weight is 349 g/mol. The maximum absolute atomic E-state index is 12.2. The van der Waals surface area contributed by atoms with Gasteiger partial charge in [-0.25, -0.2) is 9.78 Å². The van der Waals surface area contributed by atoms with Gasteiger partial charge in [0, 0.05) is 18.1 Å². The molecule has 5 N–H and O–H groups in total. The third kappa shape index (κ3) is 3.40. The highest BCUT2D eigenvalue weighted by Gasteiger charge is 2.12. The summed E-state index contributed by atoms with van der Waals surface area (Å²) in [6.07, 6.45) is 0.824. The van der Waals surface area contributed by atoms with Crippen molar-refractivity contribution in [2.75, 3.05) is 18.4 Å². The van der Waals surface area contributed by atoms with E-state index in [9.17, 15) is 9.90 Å². The molecule has 0 bridgehead atoms. The number of anilines is 1. The normalized spacial score (nSPS) is 12.5. The van der Waals surface area contributed by atoms with Gasteiger partial charge in [-0.05, 0) is 11.6 Å². The smallest absolute Gasteiger partial charge is 0.328 e. The maximum atomic E-state index is 12.2. The lowest BCUT2D eigenvalue weighted by Crippen LogP contribution is -2.28. The first-order valence-electron chi connectivity index (χ1n) is 7.39. The van der Waals surface area contributed by atoms with Crippen LogP contribution in [0.5, 0.6) is 0 Å². The van der Waals surface area contributed by atoms with E-state index < -0.39 is 6.10 Å². The van der Waals surface area contributed by atoms with Crippen molar-refractivity contribution in [1.29, 1.82) is 0 Å². The lowest BCUT2D eigenvalue weighted by atomic mass is 10.2. The van der Waals surface area contributed by atoms with E-state index in [2.05, 4.69) is 20.3 Å². The Balaban J connectivity index is 1.94. The fraction of sp³-hybridized carbons (Fsp3) is 0.267. The third-order valence-electron chi connectivity index (χ3n) is 3.57. The molecule has 3 aromatic rings. The second kappa shape index (κ2) is 7.00. The van der Waals surface area contributed by atoms with Crippen LogP contribution in [0.3, 0.4) is 0 Å². The number of aliphatic hydroxyl groups excluding tert-OH is 1. The zero-order chi connectivity index (χ0) is 17.1. The molecule has 1 atom stereocenters. The molecule has 0 aliphatic heterocycles. The average Bonchev–Trinajstić information content (AvgIpc) is 2.89. The second-order valence-electron chi connectivity index (χ2n) is 5.31. The SMILES string of the molecule is NCC(O)CNc1ncc2[nH]c(=O)n(Cc3ccccc3Cl)c2n1. The molecule has 8 nitrogen and oxygen atoms in total. The van der Waals surface area contributed by atoms with Crippen molar-refractivity contribution < 1.29 is 5.11 Å². The summed E-state index contributed by atoms with van der Waals surface area (Å²) in [5, 5.41) is 13.0. The number of nitrogens with one attached hydrogen (secondary N) is 2. The van der Waals surface area contributed by atoms with Crippen LogP contribution in [-0.2, 0) is 6.54 Å². The highest BCUT2D eigenvalue weighted by atomic mass is 35.5. The Bertz CT molecular complexity index is 906. The number of rotatable bonds is 6. The molecule has 0 fully saturated rings. The third-order valence-corrected chi connectivity index (χ3v) is 3.93. The first kappa shape index (κ1) is 16.4. The highest BCUT2D eigenvalue weighted by Crippen LogP contribution is 2.17. The zero-order valence-corrected chi connectivity index (χ0v) is 13.5. The summed E-state index contributed by atoms with van der Waals surface area (Å²) in [6.45, 7) is 0.651. The van der Waals surface area contributed by atoms with Crippen LogP contribution < -0.4 is 16.7 Å². The van der Waals surface area contributed by atoms with E-state index in [-0.39, 0.29) is 18.8 Å². The van der Waals surface area contributed by atoms with Crippen LogP contribution in [0.4, 0.5) is 5.95 Å². The molecule has 0 aliphatic rings. The number of aliphatic hydroxyl groups is 1. The van der Waals surface area contributed by atoms with Crippen LogP contribution >= 0.6 is 11.6 Å². The number of aromatic amines is 1. The molecule has 1 unspecified atom stereocenters. The van der Waals surface area contributed by atoms with Gasteiger partial charge in [-0.3, -0.25) is 4.57 Å². The van der Waals surface area contributed by atoms with Gasteiger partial charge in [-0.2, -0.15) is 4.98 Å². The summed E-state index contributed by atoms with van der Waals surface area (Å²) in [5.41, 5.74) is 6.86. The number of fused-ring (bicyclic) bond motifs is 1. The highest BCUT2D eigenvalue weighted by molar-refractivity contribution is 6.31. The Hall–Kier alpha value is -2.42. The second-order valence-corrected chi connectivity index (χ2v) is 5.72. The maximum Gasteiger partial charge on any atom is 0.328 e. The van der Waals surface area contributed by atoms with E-state index in [4.69, 9.17) is 17.3 Å². The molecule has 1 aromatic carbocycles. The number of aromatic nitrogens is 4. The fourth-order valence-electron chi connectivity index (χ4n) is 2.27. The number of nitrogens with zero attached hydrogens (tertiary/aromatic N) is 3. The first-order chi connectivity index (χ1) is 11.6. The largest absolute Gasteiger partial charge is 0.390 e. The Labute approximate surface area is 142 Å². The topological polar surface area (TPSA) is 122 Å². The predicted octanol–water partition coefficient (Wildman–Crippen LogP) is 0.553. The summed E-state index contributed by atoms with van der Waals surface area (Å²) >= 11 is 6.17. The summed E-state index contributed by atoms with van der Waals surface area (Å²) in [4.78, 5) is 23.4. The summed E-state index contributed by atoms with van der Waals surface area (Å²) < 4.78 is 1.49. The number of hydrogen-bond donors (Lipinski definition) is 4. The molecule has 3 rings (SSSR count). The number of nitrogens with two attached hydrogens (primary N) is 1. The minimum Gasteiger partial charge on any atom is -0.390 e. The lowest BCUT2D eigenvalue weighted by Gasteiger charge is -2.09. The molecule has 0 radical (unpaired) electrons. The monoisotopic (exact) mass is 348 g/mol. The summed E-state index contributed by atoms with van der Waals surface area (Å²) in [7, 11) is 0. The van der Waals surface area contributed by atoms with Crippen LogP contribution in [-0.4, -0.2) is 43.8 Å². The van der Waals surface area contributed by atoms with Crippen molar-refractivity contribution in [1.82, 2.24) is 19.5 Å². The van der Waals surface area contributed by atoms with E-state index in [0.717, 1.165) is 5.56 Å². The van der Waals surface area contributed by atoms with E-state index in [0.29, 0.717) is 28.7 Å². The molecular formula is C15H17ClN6O2. The van der Waals surface area contributed by atoms with Crippen LogP contribution in [0.25, 0.3) is 11.2 Å². The molecule has 0 saturated carbocycles. The van der Waals surface area contributed by atoms with Gasteiger partial charge in [0.1, 0.15) is 5.52 Å². The van der Waals surface area contributed by atoms with Gasteiger partial charge in [-0.1, -0.05) is 29.8 Å².